The van der Waals surface area contributed by atoms with Crippen LogP contribution in [0.3, 0.4) is 0 Å². The second-order valence-electron chi connectivity index (χ2n) is 17.6. The van der Waals surface area contributed by atoms with Crippen LogP contribution in [-0.4, -0.2) is 98.0 Å². The molecule has 12 nitrogen and oxygen atoms in total. The zero-order valence-corrected chi connectivity index (χ0v) is 36.7. The number of unbranched alkanes of at least 4 members (excludes halogenated alkanes) is 1. The Balaban J connectivity index is 1.00. The number of nitrogens with one attached hydrogen (secondary N) is 2. The highest BCUT2D eigenvalue weighted by Gasteiger charge is 2.80. The predicted molar refractivity (Wildman–Crippen MR) is 229 cm³/mol. The highest BCUT2D eigenvalue weighted by atomic mass is 32.2. The van der Waals surface area contributed by atoms with Crippen LogP contribution in [0.4, 0.5) is 14.5 Å². The largest absolute Gasteiger partial charge is 0.481 e. The van der Waals surface area contributed by atoms with Crippen molar-refractivity contribution in [3.8, 4) is 0 Å². The SMILES string of the molecule is CCCCC(C)SC(CC(=O)O)C(=O)NCC(=O)Nc1cccc(Sc2ccc(C3O[C@@H]4CC5[C@@H]6C[C@H](F)C7=CC(=O)C=C[C@]7(C)[C@@]6(F)[C@@H](O)C[C@]5(C)[C@]4(C(=O)CO)O3)cc2)c1. The van der Waals surface area contributed by atoms with E-state index in [1.165, 1.54) is 42.6 Å². The second kappa shape index (κ2) is 17.9. The van der Waals surface area contributed by atoms with E-state index in [4.69, 9.17) is 9.47 Å². The molecule has 1 aliphatic heterocycles. The first-order chi connectivity index (χ1) is 29.4. The van der Waals surface area contributed by atoms with Crippen LogP contribution in [0.25, 0.3) is 0 Å². The summed E-state index contributed by atoms with van der Waals surface area (Å²) in [6.07, 6.45) is 0.520. The number of anilines is 1. The van der Waals surface area contributed by atoms with Crippen LogP contribution in [0, 0.1) is 22.7 Å². The van der Waals surface area contributed by atoms with Gasteiger partial charge in [-0.25, -0.2) is 8.78 Å². The summed E-state index contributed by atoms with van der Waals surface area (Å²) in [6.45, 7) is 6.06. The number of aliphatic hydroxyl groups is 2. The molecule has 4 unspecified atom stereocenters. The number of allylic oxidation sites excluding steroid dienone is 4. The third kappa shape index (κ3) is 8.08. The minimum absolute atomic E-state index is 0.00404. The maximum absolute atomic E-state index is 17.7. The Bertz CT molecular complexity index is 2160. The molecule has 12 atom stereocenters. The van der Waals surface area contributed by atoms with Crippen LogP contribution in [0.5, 0.6) is 0 Å². The Kier molecular flexibility index (Phi) is 13.3. The third-order valence-electron chi connectivity index (χ3n) is 13.9. The van der Waals surface area contributed by atoms with Gasteiger partial charge in [0, 0.05) is 43.0 Å². The number of amides is 2. The lowest BCUT2D eigenvalue weighted by Crippen LogP contribution is -2.70. The molecule has 2 amide bonds. The van der Waals surface area contributed by atoms with Gasteiger partial charge in [0.05, 0.1) is 30.4 Å². The summed E-state index contributed by atoms with van der Waals surface area (Å²) in [5, 5.41) is 36.0. The summed E-state index contributed by atoms with van der Waals surface area (Å²) in [7, 11) is 0. The van der Waals surface area contributed by atoms with E-state index in [0.717, 1.165) is 35.1 Å². The first-order valence-corrected chi connectivity index (χ1v) is 22.9. The molecule has 4 fully saturated rings. The lowest BCUT2D eigenvalue weighted by Gasteiger charge is -2.63. The van der Waals surface area contributed by atoms with E-state index in [9.17, 15) is 39.3 Å². The molecule has 0 spiro atoms. The molecule has 5 aliphatic rings. The number of rotatable bonds is 16. The number of Topliss-reactive ketones (excluding diaryl/α,β-unsaturated/α-hetero) is 1. The van der Waals surface area contributed by atoms with Gasteiger partial charge >= 0.3 is 5.97 Å². The Labute approximate surface area is 368 Å². The van der Waals surface area contributed by atoms with Crippen molar-refractivity contribution in [2.45, 2.75) is 129 Å². The highest BCUT2D eigenvalue weighted by molar-refractivity contribution is 8.01. The number of halogens is 2. The molecule has 2 aromatic rings. The molecule has 16 heteroatoms. The van der Waals surface area contributed by atoms with E-state index < -0.39 is 99.8 Å². The number of alkyl halides is 2. The standard InChI is InChI=1S/C46H54F2N2O10S2/c1-5-6-8-25(2)61-35(21-40(56)57)41(58)49-23-39(55)50-27-9-7-10-30(17-27)62-29-13-11-26(12-14-29)42-59-38-20-31-32-19-34(47)33-18-28(52)15-16-43(33,3)45(32,48)36(53)22-44(31,4)46(38,60-42)37(54)24-51/h7,9-18,25,31-32,34-36,38,42,51,53H,5-6,8,19-24H2,1-4H3,(H,49,58)(H,50,55)(H,56,57)/t25?,31?,32-,34-,35?,36-,38+,42?,43-,44-,45-,46+/m0/s1. The third-order valence-corrected chi connectivity index (χ3v) is 16.3. The molecule has 1 heterocycles. The van der Waals surface area contributed by atoms with Crippen LogP contribution >= 0.6 is 23.5 Å². The zero-order valence-electron chi connectivity index (χ0n) is 35.1. The summed E-state index contributed by atoms with van der Waals surface area (Å²) in [4.78, 5) is 64.8. The average molecular weight is 897 g/mol. The molecule has 0 bridgehead atoms. The van der Waals surface area contributed by atoms with Crippen LogP contribution in [0.15, 0.2) is 82.1 Å². The van der Waals surface area contributed by atoms with Crippen LogP contribution in [0.1, 0.15) is 84.5 Å². The zero-order chi connectivity index (χ0) is 44.8. The Morgan fingerprint density at radius 3 is 2.48 bits per heavy atom. The first kappa shape index (κ1) is 46.1. The van der Waals surface area contributed by atoms with Gasteiger partial charge in [-0.3, -0.25) is 24.0 Å². The number of ether oxygens (including phenoxy) is 2. The van der Waals surface area contributed by atoms with Crippen molar-refractivity contribution in [3.63, 3.8) is 0 Å². The molecule has 1 saturated heterocycles. The first-order valence-electron chi connectivity index (χ1n) is 21.2. The van der Waals surface area contributed by atoms with Crippen molar-refractivity contribution >= 4 is 58.6 Å². The Morgan fingerprint density at radius 1 is 1.05 bits per heavy atom. The van der Waals surface area contributed by atoms with E-state index in [-0.39, 0.29) is 43.1 Å². The lowest BCUT2D eigenvalue weighted by molar-refractivity contribution is -0.235. The molecule has 3 saturated carbocycles. The number of ketones is 2. The smallest absolute Gasteiger partial charge is 0.305 e. The van der Waals surface area contributed by atoms with E-state index >= 15 is 8.78 Å². The number of carboxylic acid groups (broad SMARTS) is 1. The minimum Gasteiger partial charge on any atom is -0.481 e. The molecule has 5 N–H and O–H groups in total. The normalized spacial score (nSPS) is 34.2. The summed E-state index contributed by atoms with van der Waals surface area (Å²) < 4.78 is 46.7. The highest BCUT2D eigenvalue weighted by Crippen LogP contribution is 2.72. The van der Waals surface area contributed by atoms with Crippen molar-refractivity contribution in [1.29, 1.82) is 0 Å². The lowest BCUT2D eigenvalue weighted by atomic mass is 9.44. The molecule has 4 aliphatic carbocycles. The van der Waals surface area contributed by atoms with Gasteiger partial charge in [-0.2, -0.15) is 0 Å². The van der Waals surface area contributed by atoms with Gasteiger partial charge in [-0.15, -0.1) is 11.8 Å². The number of aliphatic carboxylic acids is 1. The van der Waals surface area contributed by atoms with Crippen molar-refractivity contribution in [3.05, 3.63) is 77.9 Å². The number of carbonyl (C=O) groups excluding carboxylic acids is 4. The number of benzene rings is 2. The number of carbonyl (C=O) groups is 5. The van der Waals surface area contributed by atoms with Crippen LogP contribution in [-0.2, 0) is 33.4 Å². The number of hydrogen-bond acceptors (Lipinski definition) is 11. The number of thioether (sulfide) groups is 1. The fourth-order valence-corrected chi connectivity index (χ4v) is 13.1. The maximum atomic E-state index is 17.7. The van der Waals surface area contributed by atoms with Crippen molar-refractivity contribution in [1.82, 2.24) is 5.32 Å². The van der Waals surface area contributed by atoms with E-state index in [2.05, 4.69) is 17.6 Å². The van der Waals surface area contributed by atoms with E-state index in [0.29, 0.717) is 11.3 Å². The molecule has 0 radical (unpaired) electrons. The molecule has 7 rings (SSSR count). The van der Waals surface area contributed by atoms with Gasteiger partial charge < -0.3 is 35.4 Å². The summed E-state index contributed by atoms with van der Waals surface area (Å²) in [5.74, 6) is -4.89. The molecule has 0 aromatic heterocycles. The Hall–Kier alpha value is -3.93. The molecular weight excluding hydrogens is 843 g/mol. The number of aliphatic hydroxyl groups excluding tert-OH is 2. The van der Waals surface area contributed by atoms with Gasteiger partial charge in [0.2, 0.25) is 11.8 Å². The van der Waals surface area contributed by atoms with Crippen molar-refractivity contribution in [2.75, 3.05) is 18.5 Å². The average Bonchev–Trinajstić information content (AvgIpc) is 3.73. The molecule has 2 aromatic carbocycles. The minimum atomic E-state index is -2.35. The summed E-state index contributed by atoms with van der Waals surface area (Å²) in [5.41, 5.74) is -5.86. The van der Waals surface area contributed by atoms with Gasteiger partial charge in [-0.1, -0.05) is 69.6 Å². The molecular formula is C46H54F2N2O10S2. The second-order valence-corrected chi connectivity index (χ2v) is 20.4. The van der Waals surface area contributed by atoms with Crippen molar-refractivity contribution < 1.29 is 57.5 Å². The number of carboxylic acids is 1. The topological polar surface area (TPSA) is 189 Å². The fourth-order valence-electron chi connectivity index (χ4n) is 10.9. The summed E-state index contributed by atoms with van der Waals surface area (Å²) in [6, 6.07) is 14.3. The van der Waals surface area contributed by atoms with Crippen molar-refractivity contribution in [2.24, 2.45) is 22.7 Å². The van der Waals surface area contributed by atoms with Gasteiger partial charge in [0.25, 0.3) is 0 Å². The maximum Gasteiger partial charge on any atom is 0.305 e. The molecule has 334 valence electrons. The fraction of sp³-hybridized carbons (Fsp3) is 0.543. The van der Waals surface area contributed by atoms with Gasteiger partial charge in [-0.05, 0) is 86.6 Å². The van der Waals surface area contributed by atoms with Gasteiger partial charge in [0.1, 0.15) is 12.8 Å². The van der Waals surface area contributed by atoms with Crippen LogP contribution < -0.4 is 10.6 Å². The molecule has 62 heavy (non-hydrogen) atoms. The van der Waals surface area contributed by atoms with E-state index in [1.807, 2.05) is 25.1 Å². The summed E-state index contributed by atoms with van der Waals surface area (Å²) >= 11 is 2.70. The number of fused-ring (bicyclic) bond motifs is 7. The quantitative estimate of drug-likeness (QED) is 0.120. The van der Waals surface area contributed by atoms with Crippen LogP contribution in [0.2, 0.25) is 0 Å². The Morgan fingerprint density at radius 2 is 1.79 bits per heavy atom. The number of hydrogen-bond donors (Lipinski definition) is 5. The van der Waals surface area contributed by atoms with E-state index in [1.54, 1.807) is 37.3 Å². The predicted octanol–water partition coefficient (Wildman–Crippen LogP) is 6.69. The monoisotopic (exact) mass is 896 g/mol. The van der Waals surface area contributed by atoms with Gasteiger partial charge in [0.15, 0.2) is 29.1 Å².